The predicted molar refractivity (Wildman–Crippen MR) is 60.2 cm³/mol. The van der Waals surface area contributed by atoms with E-state index in [1.807, 2.05) is 0 Å². The fourth-order valence-corrected chi connectivity index (χ4v) is 2.08. The summed E-state index contributed by atoms with van der Waals surface area (Å²) in [6.07, 6.45) is 5.17. The third kappa shape index (κ3) is 3.14. The van der Waals surface area contributed by atoms with E-state index in [-0.39, 0.29) is 0 Å². The fourth-order valence-electron chi connectivity index (χ4n) is 1.36. The smallest absolute Gasteiger partial charge is 0.294 e. The molecule has 1 aromatic rings. The summed E-state index contributed by atoms with van der Waals surface area (Å²) < 4.78 is 5.65. The van der Waals surface area contributed by atoms with Crippen LogP contribution in [0.1, 0.15) is 37.6 Å². The number of hydrogen-bond donors (Lipinski definition) is 1. The highest BCUT2D eigenvalue weighted by atomic mass is 32.1. The van der Waals surface area contributed by atoms with Crippen LogP contribution in [-0.2, 0) is 6.54 Å². The van der Waals surface area contributed by atoms with Gasteiger partial charge in [0.15, 0.2) is 0 Å². The van der Waals surface area contributed by atoms with Crippen molar-refractivity contribution in [3.63, 3.8) is 0 Å². The molecule has 1 N–H and O–H groups in total. The summed E-state index contributed by atoms with van der Waals surface area (Å²) >= 11 is 1.55. The van der Waals surface area contributed by atoms with Crippen LogP contribution in [0.25, 0.3) is 0 Å². The van der Waals surface area contributed by atoms with E-state index in [1.165, 1.54) is 19.3 Å². The third-order valence-electron chi connectivity index (χ3n) is 2.47. The Hall–Kier alpha value is -0.680. The second-order valence-electron chi connectivity index (χ2n) is 3.81. The Bertz CT molecular complexity index is 299. The lowest BCUT2D eigenvalue weighted by Crippen LogP contribution is -2.24. The summed E-state index contributed by atoms with van der Waals surface area (Å²) in [4.78, 5) is 0. The van der Waals surface area contributed by atoms with Gasteiger partial charge in [-0.25, -0.2) is 0 Å². The van der Waals surface area contributed by atoms with Crippen molar-refractivity contribution in [2.75, 3.05) is 6.54 Å². The van der Waals surface area contributed by atoms with Gasteiger partial charge in [0.05, 0.1) is 0 Å². The van der Waals surface area contributed by atoms with Gasteiger partial charge in [0, 0.05) is 6.54 Å². The Balaban J connectivity index is 1.75. The van der Waals surface area contributed by atoms with Gasteiger partial charge in [0.1, 0.15) is 11.1 Å². The van der Waals surface area contributed by atoms with Crippen LogP contribution >= 0.6 is 11.3 Å². The van der Waals surface area contributed by atoms with E-state index in [1.54, 1.807) is 11.3 Å². The quantitative estimate of drug-likeness (QED) is 0.755. The standard InChI is InChI=1S/C10H17N3OS/c1-2-6-11-7-9-12-13-10(15-9)14-8-4-3-5-8/h8,11H,2-7H2,1H3. The molecule has 0 amide bonds. The molecule has 0 aromatic carbocycles. The van der Waals surface area contributed by atoms with Crippen LogP contribution in [-0.4, -0.2) is 22.8 Å². The molecule has 4 nitrogen and oxygen atoms in total. The number of hydrogen-bond acceptors (Lipinski definition) is 5. The maximum absolute atomic E-state index is 5.65. The van der Waals surface area contributed by atoms with E-state index in [2.05, 4.69) is 22.4 Å². The van der Waals surface area contributed by atoms with E-state index in [4.69, 9.17) is 4.74 Å². The first-order valence-corrected chi connectivity index (χ1v) is 6.40. The zero-order valence-corrected chi connectivity index (χ0v) is 9.85. The average Bonchev–Trinajstić information content (AvgIpc) is 2.60. The summed E-state index contributed by atoms with van der Waals surface area (Å²) in [6, 6.07) is 0. The van der Waals surface area contributed by atoms with Crippen molar-refractivity contribution in [3.8, 4) is 5.19 Å². The van der Waals surface area contributed by atoms with Crippen molar-refractivity contribution in [3.05, 3.63) is 5.01 Å². The number of aromatic nitrogens is 2. The van der Waals surface area contributed by atoms with E-state index in [9.17, 15) is 0 Å². The first-order chi connectivity index (χ1) is 7.38. The molecule has 1 heterocycles. The summed E-state index contributed by atoms with van der Waals surface area (Å²) in [5.74, 6) is 0. The van der Waals surface area contributed by atoms with Crippen LogP contribution in [0, 0.1) is 0 Å². The highest BCUT2D eigenvalue weighted by molar-refractivity contribution is 7.13. The van der Waals surface area contributed by atoms with Crippen molar-refractivity contribution >= 4 is 11.3 Å². The van der Waals surface area contributed by atoms with Crippen LogP contribution in [0.3, 0.4) is 0 Å². The van der Waals surface area contributed by atoms with Crippen molar-refractivity contribution in [2.24, 2.45) is 0 Å². The summed E-state index contributed by atoms with van der Waals surface area (Å²) in [7, 11) is 0. The lowest BCUT2D eigenvalue weighted by atomic mass is 9.96. The molecule has 1 aliphatic carbocycles. The zero-order valence-electron chi connectivity index (χ0n) is 9.03. The Morgan fingerprint density at radius 1 is 1.47 bits per heavy atom. The van der Waals surface area contributed by atoms with E-state index in [0.717, 1.165) is 29.7 Å². The van der Waals surface area contributed by atoms with Gasteiger partial charge in [-0.2, -0.15) is 0 Å². The largest absolute Gasteiger partial charge is 0.466 e. The maximum atomic E-state index is 5.65. The van der Waals surface area contributed by atoms with Crippen molar-refractivity contribution in [1.82, 2.24) is 15.5 Å². The Labute approximate surface area is 94.1 Å². The molecule has 0 unspecified atom stereocenters. The SMILES string of the molecule is CCCNCc1nnc(OC2CCC2)s1. The molecule has 0 bridgehead atoms. The van der Waals surface area contributed by atoms with Crippen molar-refractivity contribution in [1.29, 1.82) is 0 Å². The minimum absolute atomic E-state index is 0.398. The van der Waals surface area contributed by atoms with Gasteiger partial charge in [-0.1, -0.05) is 23.4 Å². The van der Waals surface area contributed by atoms with Gasteiger partial charge in [0.2, 0.25) is 0 Å². The number of rotatable bonds is 6. The third-order valence-corrected chi connectivity index (χ3v) is 3.29. The molecule has 1 aliphatic rings. The van der Waals surface area contributed by atoms with Gasteiger partial charge in [-0.3, -0.25) is 0 Å². The Morgan fingerprint density at radius 3 is 3.00 bits per heavy atom. The molecule has 0 saturated heterocycles. The van der Waals surface area contributed by atoms with Crippen molar-refractivity contribution in [2.45, 2.75) is 45.3 Å². The highest BCUT2D eigenvalue weighted by Crippen LogP contribution is 2.27. The molecule has 0 aliphatic heterocycles. The molecule has 0 atom stereocenters. The van der Waals surface area contributed by atoms with Gasteiger partial charge >= 0.3 is 0 Å². The molecule has 2 rings (SSSR count). The van der Waals surface area contributed by atoms with Gasteiger partial charge in [-0.15, -0.1) is 5.10 Å². The van der Waals surface area contributed by atoms with Crippen LogP contribution in [0.2, 0.25) is 0 Å². The van der Waals surface area contributed by atoms with Crippen LogP contribution in [0.5, 0.6) is 5.19 Å². The van der Waals surface area contributed by atoms with Crippen LogP contribution in [0.15, 0.2) is 0 Å². The number of nitrogens with zero attached hydrogens (tertiary/aromatic N) is 2. The molecule has 1 fully saturated rings. The minimum Gasteiger partial charge on any atom is -0.466 e. The summed E-state index contributed by atoms with van der Waals surface area (Å²) in [6.45, 7) is 3.98. The van der Waals surface area contributed by atoms with E-state index in [0.29, 0.717) is 6.10 Å². The predicted octanol–water partition coefficient (Wildman–Crippen LogP) is 1.97. The molecular weight excluding hydrogens is 210 g/mol. The summed E-state index contributed by atoms with van der Waals surface area (Å²) in [5, 5.41) is 13.1. The number of ether oxygens (including phenoxy) is 1. The highest BCUT2D eigenvalue weighted by Gasteiger charge is 2.20. The van der Waals surface area contributed by atoms with Crippen LogP contribution < -0.4 is 10.1 Å². The van der Waals surface area contributed by atoms with Gasteiger partial charge in [0.25, 0.3) is 5.19 Å². The van der Waals surface area contributed by atoms with Crippen molar-refractivity contribution < 1.29 is 4.74 Å². The van der Waals surface area contributed by atoms with Gasteiger partial charge in [-0.05, 0) is 32.2 Å². The molecule has 15 heavy (non-hydrogen) atoms. The fraction of sp³-hybridized carbons (Fsp3) is 0.800. The lowest BCUT2D eigenvalue weighted by Gasteiger charge is -2.24. The molecule has 84 valence electrons. The molecule has 1 aromatic heterocycles. The van der Waals surface area contributed by atoms with Gasteiger partial charge < -0.3 is 10.1 Å². The van der Waals surface area contributed by atoms with E-state index >= 15 is 0 Å². The molecule has 5 heteroatoms. The minimum atomic E-state index is 0.398. The van der Waals surface area contributed by atoms with Crippen LogP contribution in [0.4, 0.5) is 0 Å². The second-order valence-corrected chi connectivity index (χ2v) is 4.83. The second kappa shape index (κ2) is 5.42. The Kier molecular flexibility index (Phi) is 3.91. The van der Waals surface area contributed by atoms with E-state index < -0.39 is 0 Å². The zero-order chi connectivity index (χ0) is 10.5. The first-order valence-electron chi connectivity index (χ1n) is 5.58. The number of nitrogens with one attached hydrogen (secondary N) is 1. The molecule has 1 saturated carbocycles. The monoisotopic (exact) mass is 227 g/mol. The molecule has 0 radical (unpaired) electrons. The average molecular weight is 227 g/mol. The maximum Gasteiger partial charge on any atom is 0.294 e. The summed E-state index contributed by atoms with van der Waals surface area (Å²) in [5.41, 5.74) is 0. The lowest BCUT2D eigenvalue weighted by molar-refractivity contribution is 0.119. The normalized spacial score (nSPS) is 16.3. The molecular formula is C10H17N3OS. The Morgan fingerprint density at radius 2 is 2.33 bits per heavy atom. The molecule has 0 spiro atoms. The first kappa shape index (κ1) is 10.8. The topological polar surface area (TPSA) is 47.0 Å².